The fourth-order valence-electron chi connectivity index (χ4n) is 2.57. The second-order valence-electron chi connectivity index (χ2n) is 6.13. The molecule has 3 aromatic rings. The highest BCUT2D eigenvalue weighted by molar-refractivity contribution is 6.32. The van der Waals surface area contributed by atoms with Crippen molar-refractivity contribution in [1.29, 1.82) is 0 Å². The van der Waals surface area contributed by atoms with E-state index in [2.05, 4.69) is 15.6 Å². The molecule has 1 aromatic heterocycles. The summed E-state index contributed by atoms with van der Waals surface area (Å²) in [6.45, 7) is 1.69. The number of halogens is 2. The predicted octanol–water partition coefficient (Wildman–Crippen LogP) is 4.07. The maximum absolute atomic E-state index is 12.3. The van der Waals surface area contributed by atoms with Crippen LogP contribution in [0.2, 0.25) is 10.2 Å². The molecule has 0 fully saturated rings. The molecule has 1 N–H and O–H groups in total. The number of hydrogen-bond acceptors (Lipinski definition) is 7. The van der Waals surface area contributed by atoms with Crippen molar-refractivity contribution in [2.45, 2.75) is 6.92 Å². The number of aryl methyl sites for hydroxylation is 1. The molecule has 0 atom stereocenters. The number of carbonyl (C=O) groups excluding carboxylic acids is 1. The van der Waals surface area contributed by atoms with Crippen LogP contribution in [0.25, 0.3) is 5.69 Å². The number of aromatic nitrogens is 2. The van der Waals surface area contributed by atoms with E-state index in [1.807, 2.05) is 0 Å². The highest BCUT2D eigenvalue weighted by atomic mass is 35.5. The number of hydrogen-bond donors (Lipinski definition) is 1. The molecule has 0 spiro atoms. The van der Waals surface area contributed by atoms with Gasteiger partial charge in [0, 0.05) is 17.2 Å². The molecule has 0 saturated carbocycles. The highest BCUT2D eigenvalue weighted by Crippen LogP contribution is 2.24. The Morgan fingerprint density at radius 2 is 1.68 bits per heavy atom. The van der Waals surface area contributed by atoms with Crippen LogP contribution in [0.4, 0.5) is 11.4 Å². The number of nitrogens with zero attached hydrogens (tertiary/aromatic N) is 5. The second-order valence-corrected chi connectivity index (χ2v) is 6.92. The average molecular weight is 463 g/mol. The number of nitrogens with one attached hydrogen (secondary N) is 1. The van der Waals surface area contributed by atoms with E-state index in [-0.39, 0.29) is 10.7 Å². The van der Waals surface area contributed by atoms with Crippen LogP contribution < -0.4 is 5.43 Å². The molecule has 11 nitrogen and oxygen atoms in total. The van der Waals surface area contributed by atoms with Crippen molar-refractivity contribution in [3.8, 4) is 5.69 Å². The molecule has 1 amide bonds. The van der Waals surface area contributed by atoms with Gasteiger partial charge in [0.2, 0.25) is 0 Å². The van der Waals surface area contributed by atoms with Crippen LogP contribution in [-0.4, -0.2) is 31.7 Å². The van der Waals surface area contributed by atoms with Crippen molar-refractivity contribution in [3.63, 3.8) is 0 Å². The van der Waals surface area contributed by atoms with Gasteiger partial charge in [-0.25, -0.2) is 10.1 Å². The molecule has 0 radical (unpaired) electrons. The lowest BCUT2D eigenvalue weighted by molar-refractivity contribution is -0.394. The van der Waals surface area contributed by atoms with Gasteiger partial charge in [-0.2, -0.15) is 10.2 Å². The van der Waals surface area contributed by atoms with Crippen molar-refractivity contribution in [2.24, 2.45) is 5.10 Å². The SMILES string of the molecule is Cc1nn(-c2ccc(Cl)cc2)c(Cl)c1/C=N/NC(=O)c1cc([N+](=O)[O-])cc([N+](=O)[O-])c1. The van der Waals surface area contributed by atoms with E-state index in [4.69, 9.17) is 23.2 Å². The quantitative estimate of drug-likeness (QED) is 0.331. The maximum Gasteiger partial charge on any atom is 0.277 e. The molecule has 13 heteroatoms. The number of benzene rings is 2. The van der Waals surface area contributed by atoms with Gasteiger partial charge in [-0.1, -0.05) is 23.2 Å². The number of nitro groups is 2. The number of hydrazone groups is 1. The average Bonchev–Trinajstić information content (AvgIpc) is 3.02. The van der Waals surface area contributed by atoms with Gasteiger partial charge in [-0.05, 0) is 31.2 Å². The summed E-state index contributed by atoms with van der Waals surface area (Å²) in [5.41, 5.74) is 2.28. The summed E-state index contributed by atoms with van der Waals surface area (Å²) in [7, 11) is 0. The third-order valence-electron chi connectivity index (χ3n) is 4.07. The van der Waals surface area contributed by atoms with Gasteiger partial charge < -0.3 is 0 Å². The zero-order chi connectivity index (χ0) is 22.7. The van der Waals surface area contributed by atoms with E-state index in [0.29, 0.717) is 22.0 Å². The van der Waals surface area contributed by atoms with Gasteiger partial charge in [-0.3, -0.25) is 25.0 Å². The number of rotatable bonds is 6. The zero-order valence-electron chi connectivity index (χ0n) is 15.7. The second kappa shape index (κ2) is 8.90. The minimum atomic E-state index is -0.873. The van der Waals surface area contributed by atoms with Crippen LogP contribution in [0, 0.1) is 27.2 Å². The van der Waals surface area contributed by atoms with Crippen LogP contribution in [0.3, 0.4) is 0 Å². The van der Waals surface area contributed by atoms with Crippen LogP contribution in [0.15, 0.2) is 47.6 Å². The molecule has 0 aliphatic heterocycles. The van der Waals surface area contributed by atoms with E-state index in [1.165, 1.54) is 10.9 Å². The minimum Gasteiger partial charge on any atom is -0.267 e. The molecular formula is C18H12Cl2N6O5. The predicted molar refractivity (Wildman–Crippen MR) is 113 cm³/mol. The van der Waals surface area contributed by atoms with Crippen LogP contribution in [0.5, 0.6) is 0 Å². The fraction of sp³-hybridized carbons (Fsp3) is 0.0556. The summed E-state index contributed by atoms with van der Waals surface area (Å²) in [6, 6.07) is 9.38. The van der Waals surface area contributed by atoms with Gasteiger partial charge in [0.1, 0.15) is 5.15 Å². The molecule has 0 unspecified atom stereocenters. The first-order chi connectivity index (χ1) is 14.7. The Hall–Kier alpha value is -3.83. The lowest BCUT2D eigenvalue weighted by Crippen LogP contribution is -2.18. The molecule has 0 saturated heterocycles. The summed E-state index contributed by atoms with van der Waals surface area (Å²) < 4.78 is 1.46. The van der Waals surface area contributed by atoms with Crippen LogP contribution in [0.1, 0.15) is 21.6 Å². The largest absolute Gasteiger partial charge is 0.277 e. The van der Waals surface area contributed by atoms with Gasteiger partial charge in [0.15, 0.2) is 0 Å². The van der Waals surface area contributed by atoms with Crippen LogP contribution in [-0.2, 0) is 0 Å². The summed E-state index contributed by atoms with van der Waals surface area (Å²) in [5.74, 6) is -0.873. The topological polar surface area (TPSA) is 146 Å². The van der Waals surface area contributed by atoms with Crippen molar-refractivity contribution in [1.82, 2.24) is 15.2 Å². The van der Waals surface area contributed by atoms with Crippen molar-refractivity contribution in [2.75, 3.05) is 0 Å². The first-order valence-corrected chi connectivity index (χ1v) is 9.21. The Kier molecular flexibility index (Phi) is 6.28. The number of nitro benzene ring substituents is 2. The number of non-ortho nitro benzene ring substituents is 2. The van der Waals surface area contributed by atoms with E-state index in [9.17, 15) is 25.0 Å². The van der Waals surface area contributed by atoms with E-state index >= 15 is 0 Å². The van der Waals surface area contributed by atoms with Gasteiger partial charge >= 0.3 is 0 Å². The first-order valence-electron chi connectivity index (χ1n) is 8.45. The molecular weight excluding hydrogens is 451 g/mol. The summed E-state index contributed by atoms with van der Waals surface area (Å²) in [4.78, 5) is 32.5. The van der Waals surface area contributed by atoms with E-state index in [1.54, 1.807) is 31.2 Å². The molecule has 3 rings (SSSR count). The Bertz CT molecular complexity index is 1190. The van der Waals surface area contributed by atoms with Crippen LogP contribution >= 0.6 is 23.2 Å². The zero-order valence-corrected chi connectivity index (χ0v) is 17.2. The molecule has 1 heterocycles. The Morgan fingerprint density at radius 3 is 2.23 bits per heavy atom. The molecule has 0 aliphatic rings. The molecule has 2 aromatic carbocycles. The van der Waals surface area contributed by atoms with E-state index < -0.39 is 27.1 Å². The normalized spacial score (nSPS) is 10.9. The lowest BCUT2D eigenvalue weighted by atomic mass is 10.1. The standard InChI is InChI=1S/C18H12Cl2N6O5/c1-10-16(17(20)24(23-10)13-4-2-12(19)3-5-13)9-21-22-18(27)11-6-14(25(28)29)8-15(7-11)26(30)31/h2-9H,1H3,(H,22,27)/b21-9+. The summed E-state index contributed by atoms with van der Waals surface area (Å²) in [6.07, 6.45) is 1.25. The highest BCUT2D eigenvalue weighted by Gasteiger charge is 2.20. The Labute approximate surface area is 184 Å². The summed E-state index contributed by atoms with van der Waals surface area (Å²) >= 11 is 12.2. The Balaban J connectivity index is 1.83. The monoisotopic (exact) mass is 462 g/mol. The minimum absolute atomic E-state index is 0.226. The van der Waals surface area contributed by atoms with Crippen molar-refractivity contribution >= 4 is 46.7 Å². The smallest absolute Gasteiger partial charge is 0.267 e. The maximum atomic E-state index is 12.3. The lowest BCUT2D eigenvalue weighted by Gasteiger charge is -2.03. The summed E-state index contributed by atoms with van der Waals surface area (Å²) in [5, 5.41) is 30.8. The van der Waals surface area contributed by atoms with Gasteiger partial charge in [-0.15, -0.1) is 0 Å². The third-order valence-corrected chi connectivity index (χ3v) is 4.68. The number of carbonyl (C=O) groups is 1. The van der Waals surface area contributed by atoms with Gasteiger partial charge in [0.25, 0.3) is 17.3 Å². The first kappa shape index (κ1) is 21.9. The van der Waals surface area contributed by atoms with Crippen molar-refractivity contribution in [3.05, 3.63) is 89.7 Å². The Morgan fingerprint density at radius 1 is 1.10 bits per heavy atom. The third kappa shape index (κ3) is 4.85. The molecule has 31 heavy (non-hydrogen) atoms. The van der Waals surface area contributed by atoms with E-state index in [0.717, 1.165) is 18.2 Å². The molecule has 0 aliphatic carbocycles. The fourth-order valence-corrected chi connectivity index (χ4v) is 3.02. The molecule has 158 valence electrons. The van der Waals surface area contributed by atoms with Crippen molar-refractivity contribution < 1.29 is 14.6 Å². The number of amides is 1. The molecule has 0 bridgehead atoms. The van der Waals surface area contributed by atoms with Gasteiger partial charge in [0.05, 0.1) is 44.6 Å².